The van der Waals surface area contributed by atoms with Crippen molar-refractivity contribution in [3.63, 3.8) is 0 Å². The zero-order valence-corrected chi connectivity index (χ0v) is 23.0. The molecule has 11 heteroatoms. The Morgan fingerprint density at radius 2 is 1.50 bits per heavy atom. The zero-order chi connectivity index (χ0) is 27.9. The van der Waals surface area contributed by atoms with Gasteiger partial charge in [-0.05, 0) is 31.2 Å². The molecular weight excluding hydrogens is 536 g/mol. The molecule has 0 radical (unpaired) electrons. The van der Waals surface area contributed by atoms with Crippen molar-refractivity contribution in [3.05, 3.63) is 102 Å². The van der Waals surface area contributed by atoms with Crippen LogP contribution in [0.5, 0.6) is 0 Å². The molecule has 0 aliphatic carbocycles. The lowest BCUT2D eigenvalue weighted by Gasteiger charge is -2.46. The molecule has 0 spiro atoms. The smallest absolute Gasteiger partial charge is 0.379 e. The van der Waals surface area contributed by atoms with Crippen LogP contribution in [0.25, 0.3) is 5.69 Å². The van der Waals surface area contributed by atoms with Gasteiger partial charge < -0.3 is 9.41 Å². The number of halogens is 3. The van der Waals surface area contributed by atoms with Gasteiger partial charge in [0.1, 0.15) is 5.84 Å². The first-order chi connectivity index (χ1) is 19.3. The average Bonchev–Trinajstić information content (AvgIpc) is 3.31. The molecule has 0 N–H and O–H groups in total. The number of aryl methyl sites for hydroxylation is 1. The van der Waals surface area contributed by atoms with Gasteiger partial charge in [-0.3, -0.25) is 0 Å². The van der Waals surface area contributed by atoms with Gasteiger partial charge in [-0.15, -0.1) is 0 Å². The van der Waals surface area contributed by atoms with E-state index in [1.54, 1.807) is 10.7 Å². The molecule has 206 valence electrons. The van der Waals surface area contributed by atoms with E-state index in [1.165, 1.54) is 12.1 Å². The number of fused-ring (bicyclic) bond motifs is 1. The van der Waals surface area contributed by atoms with E-state index in [1.807, 2.05) is 79.3 Å². The first-order valence-electron chi connectivity index (χ1n) is 13.0. The van der Waals surface area contributed by atoms with Crippen LogP contribution in [0.2, 0.25) is 0 Å². The summed E-state index contributed by atoms with van der Waals surface area (Å²) in [5, 5.41) is 5.65. The Morgan fingerprint density at radius 3 is 2.17 bits per heavy atom. The number of morpholine rings is 1. The first kappa shape index (κ1) is 26.5. The molecule has 1 aromatic heterocycles. The van der Waals surface area contributed by atoms with E-state index < -0.39 is 19.1 Å². The number of aromatic nitrogens is 2. The van der Waals surface area contributed by atoms with Gasteiger partial charge in [0.25, 0.3) is 0 Å². The Kier molecular flexibility index (Phi) is 6.86. The molecular formula is C29H28F3N6OP. The zero-order valence-electron chi connectivity index (χ0n) is 22.1. The fourth-order valence-corrected chi connectivity index (χ4v) is 9.13. The van der Waals surface area contributed by atoms with Crippen molar-refractivity contribution in [2.45, 2.75) is 13.1 Å². The van der Waals surface area contributed by atoms with Gasteiger partial charge in [0.05, 0.1) is 41.2 Å². The summed E-state index contributed by atoms with van der Waals surface area (Å²) >= 11 is 0. The lowest BCUT2D eigenvalue weighted by Crippen LogP contribution is -2.45. The van der Waals surface area contributed by atoms with E-state index in [0.29, 0.717) is 43.7 Å². The standard InChI is InChI=1S/C29H28F3N6OP/c1-21-26-28(38(34-21)23-13-7-4-8-14-23)33-27(22-11-5-3-6-12-22)36(2)40(26,37-17-19-39-20-18-37)35-25-16-10-9-15-24(25)29(30,31)32/h3-16H,17-20H2,1-2H3. The second-order valence-corrected chi connectivity index (χ2v) is 12.5. The lowest BCUT2D eigenvalue weighted by molar-refractivity contribution is -0.137. The van der Waals surface area contributed by atoms with Gasteiger partial charge >= 0.3 is 6.18 Å². The van der Waals surface area contributed by atoms with E-state index in [2.05, 4.69) is 4.67 Å². The van der Waals surface area contributed by atoms with Crippen molar-refractivity contribution >= 4 is 30.0 Å². The van der Waals surface area contributed by atoms with Crippen molar-refractivity contribution < 1.29 is 17.9 Å². The molecule has 3 heterocycles. The summed E-state index contributed by atoms with van der Waals surface area (Å²) in [5.74, 6) is 1.20. The third-order valence-corrected chi connectivity index (χ3v) is 10.9. The SMILES string of the molecule is Cc1nn(-c2ccccc2)c2c1P(=Nc1ccccc1C(F)(F)F)(N1CCOCC1)N(C)C(c1ccccc1)=N2. The van der Waals surface area contributed by atoms with E-state index >= 15 is 0 Å². The fraction of sp³-hybridized carbons (Fsp3) is 0.241. The van der Waals surface area contributed by atoms with Crippen LogP contribution in [0.1, 0.15) is 16.8 Å². The third-order valence-electron chi connectivity index (χ3n) is 7.11. The number of hydrogen-bond acceptors (Lipinski definition) is 4. The third kappa shape index (κ3) is 4.46. The maximum Gasteiger partial charge on any atom is 0.418 e. The van der Waals surface area contributed by atoms with Gasteiger partial charge in [-0.1, -0.05) is 60.7 Å². The number of para-hydroxylation sites is 1. The minimum Gasteiger partial charge on any atom is -0.379 e. The second kappa shape index (κ2) is 10.4. The second-order valence-electron chi connectivity index (χ2n) is 9.58. The van der Waals surface area contributed by atoms with Crippen molar-refractivity contribution in [1.29, 1.82) is 0 Å². The summed E-state index contributed by atoms with van der Waals surface area (Å²) in [6.45, 7) is 3.80. The van der Waals surface area contributed by atoms with Crippen LogP contribution in [-0.2, 0) is 10.9 Å². The Bertz CT molecular complexity index is 1610. The number of benzene rings is 3. The number of ether oxygens (including phenoxy) is 1. The topological polar surface area (TPSA) is 58.3 Å². The van der Waals surface area contributed by atoms with Crippen molar-refractivity contribution in [2.24, 2.45) is 9.74 Å². The number of alkyl halides is 3. The highest BCUT2D eigenvalue weighted by molar-refractivity contribution is 7.70. The molecule has 7 nitrogen and oxygen atoms in total. The largest absolute Gasteiger partial charge is 0.418 e. The van der Waals surface area contributed by atoms with E-state index in [-0.39, 0.29) is 5.69 Å². The molecule has 1 atom stereocenters. The summed E-state index contributed by atoms with van der Waals surface area (Å²) in [6, 6.07) is 24.8. The Morgan fingerprint density at radius 1 is 0.875 bits per heavy atom. The lowest BCUT2D eigenvalue weighted by atomic mass is 10.2. The quantitative estimate of drug-likeness (QED) is 0.264. The Labute approximate surface area is 230 Å². The molecule has 4 aromatic rings. The van der Waals surface area contributed by atoms with Gasteiger partial charge in [-0.25, -0.2) is 19.1 Å². The number of nitrogens with zero attached hydrogens (tertiary/aromatic N) is 6. The van der Waals surface area contributed by atoms with E-state index in [4.69, 9.17) is 19.6 Å². The summed E-state index contributed by atoms with van der Waals surface area (Å²) in [6.07, 6.45) is -4.56. The summed E-state index contributed by atoms with van der Waals surface area (Å²) < 4.78 is 59.6. The predicted octanol–water partition coefficient (Wildman–Crippen LogP) is 6.54. The van der Waals surface area contributed by atoms with E-state index in [0.717, 1.165) is 22.6 Å². The van der Waals surface area contributed by atoms with Crippen LogP contribution in [-0.4, -0.2) is 58.3 Å². The minimum absolute atomic E-state index is 0.103. The Hall–Kier alpha value is -3.72. The first-order valence-corrected chi connectivity index (χ1v) is 14.6. The molecule has 0 amide bonds. The van der Waals surface area contributed by atoms with Gasteiger partial charge in [-0.2, -0.15) is 18.3 Å². The molecule has 6 rings (SSSR count). The molecule has 3 aromatic carbocycles. The number of hydrogen-bond donors (Lipinski definition) is 0. The van der Waals surface area contributed by atoms with Gasteiger partial charge in [0, 0.05) is 25.7 Å². The van der Waals surface area contributed by atoms with Crippen LogP contribution in [0.15, 0.2) is 94.7 Å². The highest BCUT2D eigenvalue weighted by atomic mass is 31.2. The summed E-state index contributed by atoms with van der Waals surface area (Å²) in [5.41, 5.74) is 1.45. The monoisotopic (exact) mass is 564 g/mol. The summed E-state index contributed by atoms with van der Waals surface area (Å²) in [4.78, 5) is 5.13. The van der Waals surface area contributed by atoms with Crippen LogP contribution >= 0.6 is 7.36 Å². The van der Waals surface area contributed by atoms with Crippen LogP contribution in [0, 0.1) is 6.92 Å². The maximum absolute atomic E-state index is 14.3. The number of amidine groups is 1. The molecule has 0 saturated carbocycles. The highest BCUT2D eigenvalue weighted by Crippen LogP contribution is 2.62. The number of aliphatic imine (C=N–C) groups is 1. The molecule has 0 bridgehead atoms. The van der Waals surface area contributed by atoms with Crippen LogP contribution < -0.4 is 5.30 Å². The highest BCUT2D eigenvalue weighted by Gasteiger charge is 2.46. The molecule has 2 aliphatic heterocycles. The molecule has 1 unspecified atom stereocenters. The molecule has 2 aliphatic rings. The molecule has 1 fully saturated rings. The number of rotatable bonds is 4. The van der Waals surface area contributed by atoms with Crippen LogP contribution in [0.3, 0.4) is 0 Å². The van der Waals surface area contributed by atoms with Crippen LogP contribution in [0.4, 0.5) is 24.7 Å². The van der Waals surface area contributed by atoms with Crippen molar-refractivity contribution in [2.75, 3.05) is 33.4 Å². The predicted molar refractivity (Wildman–Crippen MR) is 151 cm³/mol. The van der Waals surface area contributed by atoms with E-state index in [9.17, 15) is 13.2 Å². The maximum atomic E-state index is 14.3. The Balaban J connectivity index is 1.74. The van der Waals surface area contributed by atoms with Gasteiger partial charge in [0.2, 0.25) is 0 Å². The van der Waals surface area contributed by atoms with Crippen molar-refractivity contribution in [3.8, 4) is 5.69 Å². The normalized spacial score (nSPS) is 19.7. The minimum atomic E-state index is -4.56. The molecule has 40 heavy (non-hydrogen) atoms. The van der Waals surface area contributed by atoms with Crippen molar-refractivity contribution in [1.82, 2.24) is 19.1 Å². The fourth-order valence-electron chi connectivity index (χ4n) is 5.30. The summed E-state index contributed by atoms with van der Waals surface area (Å²) in [7, 11) is -1.24. The average molecular weight is 565 g/mol. The molecule has 1 saturated heterocycles. The van der Waals surface area contributed by atoms with Gasteiger partial charge in [0.15, 0.2) is 13.2 Å².